The van der Waals surface area contributed by atoms with Crippen molar-refractivity contribution >= 4 is 41.9 Å². The molecule has 3 aromatic rings. The number of fused-ring (bicyclic) bond motifs is 2. The van der Waals surface area contributed by atoms with Crippen LogP contribution in [-0.2, 0) is 33.6 Å². The Balaban J connectivity index is 0.00000451. The molecule has 3 aromatic carbocycles. The van der Waals surface area contributed by atoms with Crippen LogP contribution >= 0.6 is 24.2 Å². The molecule has 3 amide bonds. The number of rotatable bonds is 11. The molecule has 2 heterocycles. The molecule has 256 valence electrons. The Labute approximate surface area is 295 Å². The molecule has 0 aromatic heterocycles. The zero-order valence-corrected chi connectivity index (χ0v) is 29.7. The van der Waals surface area contributed by atoms with E-state index in [-0.39, 0.29) is 41.5 Å². The quantitative estimate of drug-likeness (QED) is 0.230. The standard InChI is InChI=1S/C39H48N4O3S.ClH/c1-27(40-2)36(44)42-33-22-25-47-34-26-39(23-20-28-12-5-3-6-13-28,24-21-29-14-7-4-8-15-29)35(43(34)38(33)46)37(45)41-32-19-11-17-30-16-9-10-18-31(30)32;/h3-10,12-16,18,27,32-35,40H,11,17,19-26H2,1-2H3,(H,41,45)(H,42,44);1H/t27?,32-,33+,34+,35?;/m1./s1. The summed E-state index contributed by atoms with van der Waals surface area (Å²) >= 11 is 1.76. The van der Waals surface area contributed by atoms with Crippen LogP contribution in [0.3, 0.4) is 0 Å². The summed E-state index contributed by atoms with van der Waals surface area (Å²) in [6.07, 6.45) is 7.42. The van der Waals surface area contributed by atoms with Gasteiger partial charge in [-0.25, -0.2) is 0 Å². The normalized spacial score (nSPS) is 23.5. The molecule has 2 unspecified atom stereocenters. The van der Waals surface area contributed by atoms with Gasteiger partial charge in [0.25, 0.3) is 0 Å². The Morgan fingerprint density at radius 2 is 1.50 bits per heavy atom. The first-order valence-electron chi connectivity index (χ1n) is 17.3. The molecule has 6 rings (SSSR count). The van der Waals surface area contributed by atoms with Crippen LogP contribution in [0.4, 0.5) is 0 Å². The maximum atomic E-state index is 14.9. The molecule has 2 aliphatic heterocycles. The number of carbonyl (C=O) groups excluding carboxylic acids is 3. The van der Waals surface area contributed by atoms with Crippen LogP contribution in [-0.4, -0.2) is 58.9 Å². The van der Waals surface area contributed by atoms with Crippen molar-refractivity contribution in [1.29, 1.82) is 0 Å². The Hall–Kier alpha value is -3.33. The maximum absolute atomic E-state index is 14.9. The average Bonchev–Trinajstić information content (AvgIpc) is 3.36. The molecule has 0 saturated carbocycles. The predicted octanol–water partition coefficient (Wildman–Crippen LogP) is 6.01. The van der Waals surface area contributed by atoms with Gasteiger partial charge in [0.1, 0.15) is 12.1 Å². The van der Waals surface area contributed by atoms with Crippen molar-refractivity contribution in [2.24, 2.45) is 5.41 Å². The lowest BCUT2D eigenvalue weighted by Crippen LogP contribution is -2.59. The second kappa shape index (κ2) is 16.4. The second-order valence-electron chi connectivity index (χ2n) is 13.5. The molecule has 2 saturated heterocycles. The highest BCUT2D eigenvalue weighted by atomic mass is 35.5. The number of amides is 3. The summed E-state index contributed by atoms with van der Waals surface area (Å²) < 4.78 is 0. The number of nitrogens with one attached hydrogen (secondary N) is 3. The molecule has 0 radical (unpaired) electrons. The van der Waals surface area contributed by atoms with E-state index in [4.69, 9.17) is 0 Å². The summed E-state index contributed by atoms with van der Waals surface area (Å²) in [5.74, 6) is 0.332. The summed E-state index contributed by atoms with van der Waals surface area (Å²) in [7, 11) is 1.74. The Morgan fingerprint density at radius 3 is 2.15 bits per heavy atom. The lowest BCUT2D eigenvalue weighted by atomic mass is 9.71. The van der Waals surface area contributed by atoms with Crippen molar-refractivity contribution in [2.75, 3.05) is 12.8 Å². The predicted molar refractivity (Wildman–Crippen MR) is 196 cm³/mol. The van der Waals surface area contributed by atoms with Crippen LogP contribution in [0.25, 0.3) is 0 Å². The van der Waals surface area contributed by atoms with Gasteiger partial charge in [-0.15, -0.1) is 24.2 Å². The number of thioether (sulfide) groups is 1. The van der Waals surface area contributed by atoms with Crippen molar-refractivity contribution in [1.82, 2.24) is 20.9 Å². The molecule has 48 heavy (non-hydrogen) atoms. The van der Waals surface area contributed by atoms with Gasteiger partial charge in [0.15, 0.2) is 0 Å². The molecule has 2 fully saturated rings. The molecule has 5 atom stereocenters. The molecule has 0 bridgehead atoms. The minimum absolute atomic E-state index is 0. The number of halogens is 1. The zero-order chi connectivity index (χ0) is 32.8. The summed E-state index contributed by atoms with van der Waals surface area (Å²) in [5.41, 5.74) is 4.50. The summed E-state index contributed by atoms with van der Waals surface area (Å²) in [6, 6.07) is 27.5. The molecule has 9 heteroatoms. The summed E-state index contributed by atoms with van der Waals surface area (Å²) in [5, 5.41) is 9.37. The van der Waals surface area contributed by atoms with Crippen LogP contribution in [0.1, 0.15) is 73.7 Å². The third-order valence-electron chi connectivity index (χ3n) is 10.6. The van der Waals surface area contributed by atoms with E-state index in [1.54, 1.807) is 25.7 Å². The van der Waals surface area contributed by atoms with Crippen molar-refractivity contribution in [3.63, 3.8) is 0 Å². The first kappa shape index (κ1) is 36.0. The van der Waals surface area contributed by atoms with Gasteiger partial charge in [0.2, 0.25) is 17.7 Å². The number of carbonyl (C=O) groups is 3. The zero-order valence-electron chi connectivity index (χ0n) is 28.0. The van der Waals surface area contributed by atoms with Gasteiger partial charge in [0, 0.05) is 5.41 Å². The van der Waals surface area contributed by atoms with Crippen LogP contribution in [0, 0.1) is 5.41 Å². The van der Waals surface area contributed by atoms with Crippen molar-refractivity contribution < 1.29 is 14.4 Å². The first-order chi connectivity index (χ1) is 22.9. The lowest BCUT2D eigenvalue weighted by molar-refractivity contribution is -0.144. The Morgan fingerprint density at radius 1 is 0.875 bits per heavy atom. The van der Waals surface area contributed by atoms with Crippen molar-refractivity contribution in [3.8, 4) is 0 Å². The van der Waals surface area contributed by atoms with Crippen LogP contribution in [0.2, 0.25) is 0 Å². The Bertz CT molecular complexity index is 1500. The smallest absolute Gasteiger partial charge is 0.246 e. The number of hydrogen-bond donors (Lipinski definition) is 3. The van der Waals surface area contributed by atoms with Crippen molar-refractivity contribution in [3.05, 3.63) is 107 Å². The average molecular weight is 689 g/mol. The van der Waals surface area contributed by atoms with E-state index in [0.717, 1.165) is 57.1 Å². The topological polar surface area (TPSA) is 90.5 Å². The summed E-state index contributed by atoms with van der Waals surface area (Å²) in [6.45, 7) is 1.79. The van der Waals surface area contributed by atoms with Gasteiger partial charge in [0.05, 0.1) is 17.5 Å². The van der Waals surface area contributed by atoms with E-state index in [1.165, 1.54) is 22.3 Å². The minimum atomic E-state index is -0.666. The third-order valence-corrected chi connectivity index (χ3v) is 11.9. The highest BCUT2D eigenvalue weighted by Gasteiger charge is 2.58. The highest BCUT2D eigenvalue weighted by molar-refractivity contribution is 7.99. The molecule has 3 N–H and O–H groups in total. The second-order valence-corrected chi connectivity index (χ2v) is 14.8. The van der Waals surface area contributed by atoms with Gasteiger partial charge in [-0.05, 0) is 99.8 Å². The monoisotopic (exact) mass is 688 g/mol. The number of likely N-dealkylation sites (N-methyl/N-ethyl adjacent to an activating group) is 1. The fourth-order valence-electron chi connectivity index (χ4n) is 7.85. The number of aryl methyl sites for hydroxylation is 3. The number of benzene rings is 3. The lowest BCUT2D eigenvalue weighted by Gasteiger charge is -2.40. The van der Waals surface area contributed by atoms with E-state index in [2.05, 4.69) is 82.7 Å². The summed E-state index contributed by atoms with van der Waals surface area (Å²) in [4.78, 5) is 44.5. The fourth-order valence-corrected chi connectivity index (χ4v) is 9.33. The van der Waals surface area contributed by atoms with Crippen molar-refractivity contribution in [2.45, 2.75) is 94.3 Å². The fraction of sp³-hybridized carbons (Fsp3) is 0.462. The number of hydrogen-bond acceptors (Lipinski definition) is 5. The highest BCUT2D eigenvalue weighted by Crippen LogP contribution is 2.52. The van der Waals surface area contributed by atoms with Gasteiger partial charge < -0.3 is 20.9 Å². The maximum Gasteiger partial charge on any atom is 0.246 e. The third kappa shape index (κ3) is 7.93. The Kier molecular flexibility index (Phi) is 12.3. The minimum Gasteiger partial charge on any atom is -0.347 e. The van der Waals surface area contributed by atoms with Crippen LogP contribution in [0.15, 0.2) is 84.9 Å². The number of nitrogens with zero attached hydrogens (tertiary/aromatic N) is 1. The van der Waals surface area contributed by atoms with E-state index >= 15 is 0 Å². The van der Waals surface area contributed by atoms with Gasteiger partial charge >= 0.3 is 0 Å². The largest absolute Gasteiger partial charge is 0.347 e. The first-order valence-corrected chi connectivity index (χ1v) is 18.3. The molecule has 0 spiro atoms. The molecular formula is C39H49ClN4O3S. The van der Waals surface area contributed by atoms with Gasteiger partial charge in [-0.2, -0.15) is 0 Å². The molecule has 3 aliphatic rings. The van der Waals surface area contributed by atoms with Crippen LogP contribution < -0.4 is 16.0 Å². The van der Waals surface area contributed by atoms with E-state index in [1.807, 2.05) is 23.1 Å². The van der Waals surface area contributed by atoms with E-state index in [0.29, 0.717) is 6.42 Å². The SMILES string of the molecule is CNC(C)C(=O)N[C@H]1CCS[C@H]2CC(CCc3ccccc3)(CCc3ccccc3)C(C(=O)N[C@@H]3CCCc4ccccc43)N2C1=O.Cl. The van der Waals surface area contributed by atoms with Gasteiger partial charge in [-0.1, -0.05) is 84.9 Å². The molecular weight excluding hydrogens is 640 g/mol. The van der Waals surface area contributed by atoms with E-state index in [9.17, 15) is 14.4 Å². The van der Waals surface area contributed by atoms with Crippen LogP contribution in [0.5, 0.6) is 0 Å². The molecule has 7 nitrogen and oxygen atoms in total. The van der Waals surface area contributed by atoms with Gasteiger partial charge in [-0.3, -0.25) is 14.4 Å². The molecule has 1 aliphatic carbocycles. The van der Waals surface area contributed by atoms with E-state index < -0.39 is 23.5 Å².